The topological polar surface area (TPSA) is 29.5 Å². The molecule has 0 aliphatic heterocycles. The number of methoxy groups -OCH3 is 1. The highest BCUT2D eigenvalue weighted by Crippen LogP contribution is 2.30. The van der Waals surface area contributed by atoms with Crippen LogP contribution >= 0.6 is 0 Å². The third kappa shape index (κ3) is 5.49. The number of ketones is 1. The minimum Gasteiger partial charge on any atom is -0.385 e. The molecule has 1 aliphatic carbocycles. The van der Waals surface area contributed by atoms with Crippen LogP contribution in [0.5, 0.6) is 0 Å². The summed E-state index contributed by atoms with van der Waals surface area (Å²) in [6.45, 7) is 5.00. The lowest BCUT2D eigenvalue weighted by Crippen LogP contribution is -2.35. The monoisotopic (exact) mass is 255 g/mol. The van der Waals surface area contributed by atoms with Gasteiger partial charge in [0.1, 0.15) is 5.78 Å². The Morgan fingerprint density at radius 2 is 2.22 bits per heavy atom. The quantitative estimate of drug-likeness (QED) is 0.625. The minimum absolute atomic E-state index is 0.280. The fraction of sp³-hybridized carbons (Fsp3) is 0.933. The smallest absolute Gasteiger partial charge is 0.137 e. The Morgan fingerprint density at radius 1 is 1.44 bits per heavy atom. The first-order valence-electron chi connectivity index (χ1n) is 7.37. The standard InChI is InChI=1S/C15H29NO2/c1-4-6-13-7-8-15(17)14(11-13)12-16(2)9-5-10-18-3/h13-14H,4-12H2,1-3H3. The highest BCUT2D eigenvalue weighted by molar-refractivity contribution is 5.81. The van der Waals surface area contributed by atoms with E-state index in [2.05, 4.69) is 18.9 Å². The van der Waals surface area contributed by atoms with E-state index in [1.54, 1.807) is 7.11 Å². The maximum Gasteiger partial charge on any atom is 0.137 e. The second kappa shape index (κ2) is 8.65. The van der Waals surface area contributed by atoms with Crippen molar-refractivity contribution in [2.24, 2.45) is 11.8 Å². The molecule has 1 fully saturated rings. The second-order valence-electron chi connectivity index (χ2n) is 5.70. The number of hydrogen-bond acceptors (Lipinski definition) is 3. The Kier molecular flexibility index (Phi) is 7.52. The predicted octanol–water partition coefficient (Wildman–Crippen LogP) is 2.74. The van der Waals surface area contributed by atoms with Gasteiger partial charge in [0.15, 0.2) is 0 Å². The first-order chi connectivity index (χ1) is 8.67. The molecule has 3 heteroatoms. The lowest BCUT2D eigenvalue weighted by Gasteiger charge is -2.30. The number of carbonyl (C=O) groups excluding carboxylic acids is 1. The summed E-state index contributed by atoms with van der Waals surface area (Å²) in [7, 11) is 3.85. The molecular formula is C15H29NO2. The number of rotatable bonds is 8. The summed E-state index contributed by atoms with van der Waals surface area (Å²) in [5.74, 6) is 1.55. The molecule has 2 unspecified atom stereocenters. The van der Waals surface area contributed by atoms with Gasteiger partial charge in [-0.25, -0.2) is 0 Å². The van der Waals surface area contributed by atoms with Gasteiger partial charge in [-0.05, 0) is 32.2 Å². The summed E-state index contributed by atoms with van der Waals surface area (Å²) in [6, 6.07) is 0. The molecule has 1 aliphatic rings. The molecule has 0 heterocycles. The van der Waals surface area contributed by atoms with Gasteiger partial charge in [0.2, 0.25) is 0 Å². The molecule has 2 atom stereocenters. The molecule has 0 saturated heterocycles. The Bertz CT molecular complexity index is 243. The summed E-state index contributed by atoms with van der Waals surface area (Å²) < 4.78 is 5.06. The van der Waals surface area contributed by atoms with Gasteiger partial charge in [0.05, 0.1) is 0 Å². The Balaban J connectivity index is 2.31. The van der Waals surface area contributed by atoms with Gasteiger partial charge in [-0.2, -0.15) is 0 Å². The third-order valence-corrected chi connectivity index (χ3v) is 3.99. The maximum atomic E-state index is 12.0. The van der Waals surface area contributed by atoms with Crippen molar-refractivity contribution in [3.63, 3.8) is 0 Å². The highest BCUT2D eigenvalue weighted by atomic mass is 16.5. The lowest BCUT2D eigenvalue weighted by atomic mass is 9.78. The molecule has 0 amide bonds. The summed E-state index contributed by atoms with van der Waals surface area (Å²) in [6.07, 6.45) is 6.62. The van der Waals surface area contributed by atoms with Crippen LogP contribution in [0.1, 0.15) is 45.4 Å². The van der Waals surface area contributed by atoms with E-state index in [0.29, 0.717) is 5.78 Å². The van der Waals surface area contributed by atoms with E-state index < -0.39 is 0 Å². The molecule has 1 rings (SSSR count). The molecule has 1 saturated carbocycles. The fourth-order valence-corrected chi connectivity index (χ4v) is 3.00. The van der Waals surface area contributed by atoms with Gasteiger partial charge in [-0.1, -0.05) is 19.8 Å². The van der Waals surface area contributed by atoms with Crippen LogP contribution in [0, 0.1) is 11.8 Å². The van der Waals surface area contributed by atoms with E-state index in [0.717, 1.165) is 51.3 Å². The summed E-state index contributed by atoms with van der Waals surface area (Å²) in [4.78, 5) is 14.2. The third-order valence-electron chi connectivity index (χ3n) is 3.99. The van der Waals surface area contributed by atoms with Gasteiger partial charge in [0.25, 0.3) is 0 Å². The molecule has 0 aromatic heterocycles. The Morgan fingerprint density at radius 3 is 2.89 bits per heavy atom. The van der Waals surface area contributed by atoms with Crippen LogP contribution in [0.15, 0.2) is 0 Å². The van der Waals surface area contributed by atoms with Crippen LogP contribution in [0.4, 0.5) is 0 Å². The first-order valence-corrected chi connectivity index (χ1v) is 7.37. The van der Waals surface area contributed by atoms with Crippen molar-refractivity contribution in [1.82, 2.24) is 4.90 Å². The van der Waals surface area contributed by atoms with Crippen LogP contribution < -0.4 is 0 Å². The predicted molar refractivity (Wildman–Crippen MR) is 74.7 cm³/mol. The molecule has 3 nitrogen and oxygen atoms in total. The van der Waals surface area contributed by atoms with E-state index >= 15 is 0 Å². The van der Waals surface area contributed by atoms with Gasteiger partial charge in [-0.3, -0.25) is 4.79 Å². The zero-order valence-electron chi connectivity index (χ0n) is 12.3. The van der Waals surface area contributed by atoms with Crippen LogP contribution in [0.3, 0.4) is 0 Å². The van der Waals surface area contributed by atoms with E-state index in [1.807, 2.05) is 0 Å². The molecule has 0 aromatic rings. The van der Waals surface area contributed by atoms with Gasteiger partial charge in [-0.15, -0.1) is 0 Å². The molecule has 18 heavy (non-hydrogen) atoms. The van der Waals surface area contributed by atoms with Gasteiger partial charge in [0, 0.05) is 39.1 Å². The summed E-state index contributed by atoms with van der Waals surface area (Å²) >= 11 is 0. The first kappa shape index (κ1) is 15.6. The van der Waals surface area contributed by atoms with Crippen molar-refractivity contribution in [2.75, 3.05) is 33.9 Å². The van der Waals surface area contributed by atoms with E-state index in [4.69, 9.17) is 4.74 Å². The molecular weight excluding hydrogens is 226 g/mol. The van der Waals surface area contributed by atoms with Crippen LogP contribution in [-0.4, -0.2) is 44.5 Å². The molecule has 0 spiro atoms. The molecule has 0 bridgehead atoms. The fourth-order valence-electron chi connectivity index (χ4n) is 3.00. The van der Waals surface area contributed by atoms with Crippen LogP contribution in [0.25, 0.3) is 0 Å². The highest BCUT2D eigenvalue weighted by Gasteiger charge is 2.28. The number of Topliss-reactive ketones (excluding diaryl/α,β-unsaturated/α-hetero) is 1. The zero-order valence-corrected chi connectivity index (χ0v) is 12.3. The number of carbonyl (C=O) groups is 1. The second-order valence-corrected chi connectivity index (χ2v) is 5.70. The Hall–Kier alpha value is -0.410. The number of hydrogen-bond donors (Lipinski definition) is 0. The van der Waals surface area contributed by atoms with Crippen molar-refractivity contribution < 1.29 is 9.53 Å². The number of nitrogens with zero attached hydrogens (tertiary/aromatic N) is 1. The molecule has 0 N–H and O–H groups in total. The van der Waals surface area contributed by atoms with Gasteiger partial charge < -0.3 is 9.64 Å². The minimum atomic E-state index is 0.280. The van der Waals surface area contributed by atoms with Crippen molar-refractivity contribution in [1.29, 1.82) is 0 Å². The van der Waals surface area contributed by atoms with E-state index in [9.17, 15) is 4.79 Å². The van der Waals surface area contributed by atoms with Crippen molar-refractivity contribution in [2.45, 2.75) is 45.4 Å². The van der Waals surface area contributed by atoms with Crippen molar-refractivity contribution in [3.05, 3.63) is 0 Å². The van der Waals surface area contributed by atoms with Crippen molar-refractivity contribution >= 4 is 5.78 Å². The average Bonchev–Trinajstić information content (AvgIpc) is 2.34. The van der Waals surface area contributed by atoms with E-state index in [1.165, 1.54) is 12.8 Å². The van der Waals surface area contributed by atoms with Crippen LogP contribution in [0.2, 0.25) is 0 Å². The van der Waals surface area contributed by atoms with Gasteiger partial charge >= 0.3 is 0 Å². The average molecular weight is 255 g/mol. The Labute approximate surface area is 112 Å². The molecule has 106 valence electrons. The largest absolute Gasteiger partial charge is 0.385 e. The van der Waals surface area contributed by atoms with Crippen LogP contribution in [-0.2, 0) is 9.53 Å². The van der Waals surface area contributed by atoms with Crippen molar-refractivity contribution in [3.8, 4) is 0 Å². The molecule has 0 aromatic carbocycles. The number of ether oxygens (including phenoxy) is 1. The lowest BCUT2D eigenvalue weighted by molar-refractivity contribution is -0.126. The zero-order chi connectivity index (χ0) is 13.4. The molecule has 0 radical (unpaired) electrons. The van der Waals surface area contributed by atoms with E-state index in [-0.39, 0.29) is 5.92 Å². The maximum absolute atomic E-state index is 12.0. The summed E-state index contributed by atoms with van der Waals surface area (Å²) in [5, 5.41) is 0. The SMILES string of the molecule is CCCC1CCC(=O)C(CN(C)CCCOC)C1. The normalized spacial score (nSPS) is 24.8. The summed E-state index contributed by atoms with van der Waals surface area (Å²) in [5.41, 5.74) is 0.